The van der Waals surface area contributed by atoms with Gasteiger partial charge in [-0.05, 0) is 47.9 Å². The van der Waals surface area contributed by atoms with Crippen LogP contribution in [-0.4, -0.2) is 6.54 Å². The van der Waals surface area contributed by atoms with Crippen molar-refractivity contribution in [3.8, 4) is 11.1 Å². The molecule has 0 unspecified atom stereocenters. The molecule has 1 fully saturated rings. The first kappa shape index (κ1) is 13.4. The molecule has 0 spiro atoms. The van der Waals surface area contributed by atoms with E-state index in [1.165, 1.54) is 42.4 Å². The maximum absolute atomic E-state index is 6.04. The van der Waals surface area contributed by atoms with E-state index in [9.17, 15) is 0 Å². The van der Waals surface area contributed by atoms with E-state index < -0.39 is 0 Å². The smallest absolute Gasteiger partial charge is 0.00173 e. The average molecular weight is 265 g/mol. The van der Waals surface area contributed by atoms with Gasteiger partial charge in [0.15, 0.2) is 0 Å². The SMILES string of the molecule is NCC1(Cc2ccc(-c3ccccc3)cc2)CCCC1. The summed E-state index contributed by atoms with van der Waals surface area (Å²) in [5.41, 5.74) is 10.4. The summed E-state index contributed by atoms with van der Waals surface area (Å²) in [5.74, 6) is 0. The number of rotatable bonds is 4. The van der Waals surface area contributed by atoms with Crippen molar-refractivity contribution in [3.63, 3.8) is 0 Å². The van der Waals surface area contributed by atoms with Gasteiger partial charge in [-0.15, -0.1) is 0 Å². The Hall–Kier alpha value is -1.60. The molecule has 0 radical (unpaired) electrons. The fourth-order valence-corrected chi connectivity index (χ4v) is 3.46. The predicted molar refractivity (Wildman–Crippen MR) is 85.5 cm³/mol. The summed E-state index contributed by atoms with van der Waals surface area (Å²) in [6.45, 7) is 0.827. The van der Waals surface area contributed by atoms with Gasteiger partial charge in [0.25, 0.3) is 0 Å². The molecule has 104 valence electrons. The van der Waals surface area contributed by atoms with Crippen LogP contribution in [0.1, 0.15) is 31.2 Å². The van der Waals surface area contributed by atoms with Crippen LogP contribution in [0.3, 0.4) is 0 Å². The Morgan fingerprint density at radius 1 is 0.800 bits per heavy atom. The summed E-state index contributed by atoms with van der Waals surface area (Å²) in [5, 5.41) is 0. The fraction of sp³-hybridized carbons (Fsp3) is 0.368. The molecule has 0 aromatic heterocycles. The van der Waals surface area contributed by atoms with E-state index in [1.807, 2.05) is 0 Å². The summed E-state index contributed by atoms with van der Waals surface area (Å²) in [7, 11) is 0. The van der Waals surface area contributed by atoms with E-state index in [2.05, 4.69) is 54.6 Å². The second kappa shape index (κ2) is 5.80. The van der Waals surface area contributed by atoms with Gasteiger partial charge in [-0.2, -0.15) is 0 Å². The molecule has 1 saturated carbocycles. The van der Waals surface area contributed by atoms with Gasteiger partial charge in [0.1, 0.15) is 0 Å². The summed E-state index contributed by atoms with van der Waals surface area (Å²) in [6, 6.07) is 19.6. The largest absolute Gasteiger partial charge is 0.330 e. The van der Waals surface area contributed by atoms with Gasteiger partial charge < -0.3 is 5.73 Å². The molecule has 20 heavy (non-hydrogen) atoms. The third-order valence-corrected chi connectivity index (χ3v) is 4.74. The minimum atomic E-state index is 0.369. The second-order valence-electron chi connectivity index (χ2n) is 6.15. The zero-order valence-corrected chi connectivity index (χ0v) is 12.0. The topological polar surface area (TPSA) is 26.0 Å². The molecule has 2 aromatic rings. The first-order valence-corrected chi connectivity index (χ1v) is 7.66. The Balaban J connectivity index is 1.76. The van der Waals surface area contributed by atoms with Gasteiger partial charge in [0.05, 0.1) is 0 Å². The predicted octanol–water partition coefficient (Wildman–Crippen LogP) is 4.42. The van der Waals surface area contributed by atoms with Gasteiger partial charge in [-0.3, -0.25) is 0 Å². The molecular formula is C19H23N. The lowest BCUT2D eigenvalue weighted by Crippen LogP contribution is -2.29. The van der Waals surface area contributed by atoms with E-state index in [4.69, 9.17) is 5.73 Å². The van der Waals surface area contributed by atoms with Crippen LogP contribution in [0.4, 0.5) is 0 Å². The van der Waals surface area contributed by atoms with Gasteiger partial charge in [-0.25, -0.2) is 0 Å². The molecule has 0 amide bonds. The lowest BCUT2D eigenvalue weighted by molar-refractivity contribution is 0.306. The third kappa shape index (κ3) is 2.78. The van der Waals surface area contributed by atoms with Crippen molar-refractivity contribution in [1.29, 1.82) is 0 Å². The summed E-state index contributed by atoms with van der Waals surface area (Å²) < 4.78 is 0. The van der Waals surface area contributed by atoms with Crippen LogP contribution < -0.4 is 5.73 Å². The molecule has 3 rings (SSSR count). The third-order valence-electron chi connectivity index (χ3n) is 4.74. The molecule has 0 saturated heterocycles. The normalized spacial score (nSPS) is 17.2. The van der Waals surface area contributed by atoms with Crippen LogP contribution in [-0.2, 0) is 6.42 Å². The van der Waals surface area contributed by atoms with E-state index >= 15 is 0 Å². The molecule has 1 nitrogen and oxygen atoms in total. The molecular weight excluding hydrogens is 242 g/mol. The Morgan fingerprint density at radius 2 is 1.40 bits per heavy atom. The first-order valence-electron chi connectivity index (χ1n) is 7.66. The second-order valence-corrected chi connectivity index (χ2v) is 6.15. The van der Waals surface area contributed by atoms with Crippen molar-refractivity contribution in [2.24, 2.45) is 11.1 Å². The maximum Gasteiger partial charge on any atom is -0.00173 e. The summed E-state index contributed by atoms with van der Waals surface area (Å²) in [6.07, 6.45) is 6.42. The van der Waals surface area contributed by atoms with Gasteiger partial charge in [-0.1, -0.05) is 67.4 Å². The highest BCUT2D eigenvalue weighted by molar-refractivity contribution is 5.63. The van der Waals surface area contributed by atoms with E-state index in [1.54, 1.807) is 0 Å². The van der Waals surface area contributed by atoms with Crippen LogP contribution in [0.5, 0.6) is 0 Å². The van der Waals surface area contributed by atoms with Gasteiger partial charge >= 0.3 is 0 Å². The van der Waals surface area contributed by atoms with Crippen molar-refractivity contribution >= 4 is 0 Å². The highest BCUT2D eigenvalue weighted by Gasteiger charge is 2.32. The highest BCUT2D eigenvalue weighted by Crippen LogP contribution is 2.40. The summed E-state index contributed by atoms with van der Waals surface area (Å²) >= 11 is 0. The molecule has 0 heterocycles. The number of hydrogen-bond acceptors (Lipinski definition) is 1. The summed E-state index contributed by atoms with van der Waals surface area (Å²) in [4.78, 5) is 0. The van der Waals surface area contributed by atoms with E-state index in [0.29, 0.717) is 5.41 Å². The average Bonchev–Trinajstić information content (AvgIpc) is 2.98. The van der Waals surface area contributed by atoms with Crippen LogP contribution in [0.2, 0.25) is 0 Å². The lowest BCUT2D eigenvalue weighted by Gasteiger charge is -2.27. The Morgan fingerprint density at radius 3 is 2.00 bits per heavy atom. The standard InChI is InChI=1S/C19H23N/c20-15-19(12-4-5-13-19)14-16-8-10-18(11-9-16)17-6-2-1-3-7-17/h1-3,6-11H,4-5,12-15,20H2. The van der Waals surface area contributed by atoms with Crippen LogP contribution in [0.15, 0.2) is 54.6 Å². The molecule has 0 atom stereocenters. The van der Waals surface area contributed by atoms with Crippen molar-refractivity contribution in [2.45, 2.75) is 32.1 Å². The van der Waals surface area contributed by atoms with Crippen molar-refractivity contribution < 1.29 is 0 Å². The quantitative estimate of drug-likeness (QED) is 0.870. The monoisotopic (exact) mass is 265 g/mol. The lowest BCUT2D eigenvalue weighted by atomic mass is 9.80. The zero-order chi connectivity index (χ0) is 13.8. The maximum atomic E-state index is 6.04. The van der Waals surface area contributed by atoms with Gasteiger partial charge in [0, 0.05) is 0 Å². The van der Waals surface area contributed by atoms with Crippen molar-refractivity contribution in [1.82, 2.24) is 0 Å². The molecule has 1 aliphatic carbocycles. The molecule has 0 bridgehead atoms. The molecule has 2 N–H and O–H groups in total. The molecule has 1 heteroatoms. The molecule has 1 aliphatic rings. The van der Waals surface area contributed by atoms with Crippen LogP contribution in [0.25, 0.3) is 11.1 Å². The minimum absolute atomic E-state index is 0.369. The van der Waals surface area contributed by atoms with Crippen molar-refractivity contribution in [3.05, 3.63) is 60.2 Å². The Kier molecular flexibility index (Phi) is 3.88. The minimum Gasteiger partial charge on any atom is -0.330 e. The van der Waals surface area contributed by atoms with Crippen molar-refractivity contribution in [2.75, 3.05) is 6.54 Å². The zero-order valence-electron chi connectivity index (χ0n) is 12.0. The fourth-order valence-electron chi connectivity index (χ4n) is 3.46. The first-order chi connectivity index (χ1) is 9.81. The Bertz CT molecular complexity index is 536. The molecule has 2 aromatic carbocycles. The molecule has 0 aliphatic heterocycles. The number of benzene rings is 2. The van der Waals surface area contributed by atoms with Crippen LogP contribution in [0, 0.1) is 5.41 Å². The number of hydrogen-bond donors (Lipinski definition) is 1. The van der Waals surface area contributed by atoms with Gasteiger partial charge in [0.2, 0.25) is 0 Å². The van der Waals surface area contributed by atoms with E-state index in [0.717, 1.165) is 13.0 Å². The van der Waals surface area contributed by atoms with Crippen LogP contribution >= 0.6 is 0 Å². The number of nitrogens with two attached hydrogens (primary N) is 1. The Labute approximate surface area is 121 Å². The van der Waals surface area contributed by atoms with E-state index in [-0.39, 0.29) is 0 Å². The highest BCUT2D eigenvalue weighted by atomic mass is 14.6.